The summed E-state index contributed by atoms with van der Waals surface area (Å²) in [4.78, 5) is 22.0. The smallest absolute Gasteiger partial charge is 0.271 e. The number of aromatic nitrogens is 2. The maximum Gasteiger partial charge on any atom is 0.271 e. The maximum atomic E-state index is 11.8. The van der Waals surface area contributed by atoms with E-state index in [0.717, 1.165) is 19.5 Å². The van der Waals surface area contributed by atoms with Gasteiger partial charge in [0.05, 0.1) is 12.4 Å². The molecule has 0 spiro atoms. The topological polar surface area (TPSA) is 58.1 Å². The molecule has 2 heterocycles. The summed E-state index contributed by atoms with van der Waals surface area (Å²) in [7, 11) is 0. The van der Waals surface area contributed by atoms with Crippen molar-refractivity contribution in [2.45, 2.75) is 25.8 Å². The second-order valence-electron chi connectivity index (χ2n) is 4.36. The number of likely N-dealkylation sites (N-methyl/N-ethyl adjacent to an activating group) is 1. The molecule has 0 saturated carbocycles. The fourth-order valence-electron chi connectivity index (χ4n) is 2.27. The van der Waals surface area contributed by atoms with E-state index in [2.05, 4.69) is 27.1 Å². The summed E-state index contributed by atoms with van der Waals surface area (Å²) in [5.74, 6) is -0.192. The Kier molecular flexibility index (Phi) is 4.49. The van der Waals surface area contributed by atoms with E-state index in [4.69, 9.17) is 11.6 Å². The molecule has 6 heteroatoms. The predicted molar refractivity (Wildman–Crippen MR) is 69.6 cm³/mol. The molecule has 1 atom stereocenters. The Hall–Kier alpha value is -1.20. The van der Waals surface area contributed by atoms with Gasteiger partial charge in [-0.3, -0.25) is 9.69 Å². The monoisotopic (exact) mass is 268 g/mol. The maximum absolute atomic E-state index is 11.8. The SMILES string of the molecule is CCN1CCCC1CNC(=O)c1cnc(Cl)cn1. The van der Waals surface area contributed by atoms with Gasteiger partial charge < -0.3 is 5.32 Å². The summed E-state index contributed by atoms with van der Waals surface area (Å²) < 4.78 is 0. The molecule has 1 aliphatic heterocycles. The lowest BCUT2D eigenvalue weighted by molar-refractivity contribution is 0.0936. The van der Waals surface area contributed by atoms with Gasteiger partial charge in [-0.2, -0.15) is 0 Å². The lowest BCUT2D eigenvalue weighted by atomic mass is 10.2. The molecule has 18 heavy (non-hydrogen) atoms. The number of nitrogens with zero attached hydrogens (tertiary/aromatic N) is 3. The van der Waals surface area contributed by atoms with Crippen molar-refractivity contribution in [3.63, 3.8) is 0 Å². The lowest BCUT2D eigenvalue weighted by Gasteiger charge is -2.22. The first kappa shape index (κ1) is 13.2. The van der Waals surface area contributed by atoms with Crippen molar-refractivity contribution >= 4 is 17.5 Å². The van der Waals surface area contributed by atoms with Crippen LogP contribution in [0, 0.1) is 0 Å². The van der Waals surface area contributed by atoms with Crippen LogP contribution in [-0.2, 0) is 0 Å². The molecule has 5 nitrogen and oxygen atoms in total. The summed E-state index contributed by atoms with van der Waals surface area (Å²) in [6.07, 6.45) is 5.11. The third kappa shape index (κ3) is 3.17. The average Bonchev–Trinajstić information content (AvgIpc) is 2.84. The molecule has 0 bridgehead atoms. The van der Waals surface area contributed by atoms with Crippen LogP contribution in [0.5, 0.6) is 0 Å². The van der Waals surface area contributed by atoms with Crippen LogP contribution in [0.3, 0.4) is 0 Å². The van der Waals surface area contributed by atoms with E-state index in [9.17, 15) is 4.79 Å². The van der Waals surface area contributed by atoms with Crippen molar-refractivity contribution in [1.29, 1.82) is 0 Å². The minimum absolute atomic E-state index is 0.192. The third-order valence-corrected chi connectivity index (χ3v) is 3.45. The van der Waals surface area contributed by atoms with Gasteiger partial charge in [-0.05, 0) is 25.9 Å². The summed E-state index contributed by atoms with van der Waals surface area (Å²) in [6, 6.07) is 0.444. The van der Waals surface area contributed by atoms with Gasteiger partial charge in [0.2, 0.25) is 0 Å². The van der Waals surface area contributed by atoms with Gasteiger partial charge in [-0.1, -0.05) is 18.5 Å². The van der Waals surface area contributed by atoms with E-state index in [1.807, 2.05) is 0 Å². The molecule has 0 aliphatic carbocycles. The van der Waals surface area contributed by atoms with Gasteiger partial charge in [-0.15, -0.1) is 0 Å². The van der Waals surface area contributed by atoms with Crippen molar-refractivity contribution in [2.24, 2.45) is 0 Å². The van der Waals surface area contributed by atoms with Crippen molar-refractivity contribution in [3.8, 4) is 0 Å². The minimum atomic E-state index is -0.192. The largest absolute Gasteiger partial charge is 0.349 e. The van der Waals surface area contributed by atoms with Gasteiger partial charge in [0.1, 0.15) is 10.8 Å². The highest BCUT2D eigenvalue weighted by Gasteiger charge is 2.23. The second kappa shape index (κ2) is 6.11. The fourth-order valence-corrected chi connectivity index (χ4v) is 2.37. The molecular weight excluding hydrogens is 252 g/mol. The lowest BCUT2D eigenvalue weighted by Crippen LogP contribution is -2.40. The molecule has 1 fully saturated rings. The molecule has 1 aromatic rings. The molecule has 0 radical (unpaired) electrons. The van der Waals surface area contributed by atoms with E-state index in [-0.39, 0.29) is 5.91 Å². The molecule has 1 unspecified atom stereocenters. The number of rotatable bonds is 4. The summed E-state index contributed by atoms with van der Waals surface area (Å²) in [6.45, 7) is 4.96. The van der Waals surface area contributed by atoms with E-state index in [0.29, 0.717) is 23.4 Å². The number of amides is 1. The number of hydrogen-bond donors (Lipinski definition) is 1. The highest BCUT2D eigenvalue weighted by molar-refractivity contribution is 6.29. The predicted octanol–water partition coefficient (Wildman–Crippen LogP) is 1.34. The molecule has 98 valence electrons. The number of hydrogen-bond acceptors (Lipinski definition) is 4. The molecule has 1 aliphatic rings. The summed E-state index contributed by atoms with van der Waals surface area (Å²) >= 11 is 5.62. The van der Waals surface area contributed by atoms with Gasteiger partial charge in [0, 0.05) is 12.6 Å². The molecule has 0 aromatic carbocycles. The number of carbonyl (C=O) groups is 1. The highest BCUT2D eigenvalue weighted by Crippen LogP contribution is 2.15. The van der Waals surface area contributed by atoms with Crippen LogP contribution in [0.1, 0.15) is 30.3 Å². The van der Waals surface area contributed by atoms with Crippen molar-refractivity contribution in [1.82, 2.24) is 20.2 Å². The van der Waals surface area contributed by atoms with Gasteiger partial charge in [0.25, 0.3) is 5.91 Å². The van der Waals surface area contributed by atoms with Crippen LogP contribution in [0.2, 0.25) is 5.15 Å². The first-order valence-electron chi connectivity index (χ1n) is 6.20. The molecule has 1 saturated heterocycles. The van der Waals surface area contributed by atoms with Crippen LogP contribution in [0.25, 0.3) is 0 Å². The molecule has 1 aromatic heterocycles. The first-order valence-corrected chi connectivity index (χ1v) is 6.58. The van der Waals surface area contributed by atoms with Crippen LogP contribution < -0.4 is 5.32 Å². The average molecular weight is 269 g/mol. The summed E-state index contributed by atoms with van der Waals surface area (Å²) in [5.41, 5.74) is 0.306. The summed E-state index contributed by atoms with van der Waals surface area (Å²) in [5, 5.41) is 3.19. The van der Waals surface area contributed by atoms with Gasteiger partial charge in [-0.25, -0.2) is 9.97 Å². The molecule has 1 amide bonds. The quantitative estimate of drug-likeness (QED) is 0.895. The van der Waals surface area contributed by atoms with Crippen LogP contribution in [-0.4, -0.2) is 46.5 Å². The normalized spacial score (nSPS) is 20.0. The number of halogens is 1. The Morgan fingerprint density at radius 2 is 2.39 bits per heavy atom. The first-order chi connectivity index (χ1) is 8.70. The fraction of sp³-hybridized carbons (Fsp3) is 0.583. The molecular formula is C12H17ClN4O. The number of carbonyl (C=O) groups excluding carboxylic acids is 1. The molecule has 2 rings (SSSR count). The Balaban J connectivity index is 1.86. The Labute approximate surface area is 112 Å². The zero-order chi connectivity index (χ0) is 13.0. The van der Waals surface area contributed by atoms with Gasteiger partial charge in [0.15, 0.2) is 0 Å². The number of nitrogens with one attached hydrogen (secondary N) is 1. The number of likely N-dealkylation sites (tertiary alicyclic amines) is 1. The Morgan fingerprint density at radius 1 is 1.56 bits per heavy atom. The standard InChI is InChI=1S/C12H17ClN4O/c1-2-17-5-3-4-9(17)6-16-12(18)10-7-15-11(13)8-14-10/h7-9H,2-6H2,1H3,(H,16,18). The van der Waals surface area contributed by atoms with Crippen LogP contribution >= 0.6 is 11.6 Å². The van der Waals surface area contributed by atoms with Crippen LogP contribution in [0.15, 0.2) is 12.4 Å². The zero-order valence-corrected chi connectivity index (χ0v) is 11.2. The Morgan fingerprint density at radius 3 is 3.06 bits per heavy atom. The van der Waals surface area contributed by atoms with Crippen molar-refractivity contribution in [2.75, 3.05) is 19.6 Å². The van der Waals surface area contributed by atoms with E-state index in [1.54, 1.807) is 0 Å². The van der Waals surface area contributed by atoms with E-state index < -0.39 is 0 Å². The van der Waals surface area contributed by atoms with Crippen LogP contribution in [0.4, 0.5) is 0 Å². The van der Waals surface area contributed by atoms with Crippen molar-refractivity contribution in [3.05, 3.63) is 23.2 Å². The van der Waals surface area contributed by atoms with E-state index in [1.165, 1.54) is 18.8 Å². The molecule has 1 N–H and O–H groups in total. The third-order valence-electron chi connectivity index (χ3n) is 3.26. The van der Waals surface area contributed by atoms with Gasteiger partial charge >= 0.3 is 0 Å². The highest BCUT2D eigenvalue weighted by atomic mass is 35.5. The van der Waals surface area contributed by atoms with E-state index >= 15 is 0 Å². The zero-order valence-electron chi connectivity index (χ0n) is 10.4. The minimum Gasteiger partial charge on any atom is -0.349 e. The Bertz CT molecular complexity index is 409. The van der Waals surface area contributed by atoms with Crippen molar-refractivity contribution < 1.29 is 4.79 Å². The second-order valence-corrected chi connectivity index (χ2v) is 4.75.